The first kappa shape index (κ1) is 13.9. The fraction of sp³-hybridized carbons (Fsp3) is 1.00. The van der Waals surface area contributed by atoms with Gasteiger partial charge < -0.3 is 10.4 Å². The Kier molecular flexibility index (Phi) is 6.38. The number of rotatable bonds is 6. The summed E-state index contributed by atoms with van der Waals surface area (Å²) in [6, 6.07) is 0.422. The molecule has 0 heterocycles. The van der Waals surface area contributed by atoms with Gasteiger partial charge in [0.05, 0.1) is 0 Å². The van der Waals surface area contributed by atoms with E-state index in [2.05, 4.69) is 39.9 Å². The van der Waals surface area contributed by atoms with E-state index in [1.54, 1.807) is 0 Å². The zero-order valence-corrected chi connectivity index (χ0v) is 10.4. The third kappa shape index (κ3) is 6.39. The third-order valence-electron chi connectivity index (χ3n) is 2.58. The molecule has 1 unspecified atom stereocenters. The maximum Gasteiger partial charge on any atom is 0.0446 e. The molecule has 0 saturated carbocycles. The predicted molar refractivity (Wildman–Crippen MR) is 62.4 cm³/mol. The van der Waals surface area contributed by atoms with Gasteiger partial charge in [0.25, 0.3) is 0 Å². The van der Waals surface area contributed by atoms with Crippen molar-refractivity contribution in [1.29, 1.82) is 0 Å². The summed E-state index contributed by atoms with van der Waals surface area (Å²) < 4.78 is 0. The van der Waals surface area contributed by atoms with Crippen molar-refractivity contribution in [2.24, 2.45) is 11.3 Å². The Labute approximate surface area is 89.1 Å². The molecule has 0 aliphatic heterocycles. The quantitative estimate of drug-likeness (QED) is 0.692. The van der Waals surface area contributed by atoms with Crippen LogP contribution in [0.5, 0.6) is 0 Å². The van der Waals surface area contributed by atoms with Crippen molar-refractivity contribution in [2.75, 3.05) is 13.2 Å². The van der Waals surface area contributed by atoms with Gasteiger partial charge >= 0.3 is 0 Å². The van der Waals surface area contributed by atoms with E-state index < -0.39 is 0 Å². The highest BCUT2D eigenvalue weighted by Gasteiger charge is 2.23. The zero-order chi connectivity index (χ0) is 11.2. The maximum atomic E-state index is 8.97. The highest BCUT2D eigenvalue weighted by atomic mass is 16.3. The van der Waals surface area contributed by atoms with E-state index in [1.807, 2.05) is 0 Å². The first-order chi connectivity index (χ1) is 6.38. The molecule has 0 aliphatic carbocycles. The van der Waals surface area contributed by atoms with Crippen LogP contribution in [0.25, 0.3) is 0 Å². The van der Waals surface area contributed by atoms with Gasteiger partial charge in [-0.05, 0) is 30.7 Å². The lowest BCUT2D eigenvalue weighted by Crippen LogP contribution is -2.41. The van der Waals surface area contributed by atoms with E-state index in [1.165, 1.54) is 6.42 Å². The summed E-state index contributed by atoms with van der Waals surface area (Å²) in [7, 11) is 0. The fourth-order valence-electron chi connectivity index (χ4n) is 1.52. The lowest BCUT2D eigenvalue weighted by atomic mass is 9.85. The monoisotopic (exact) mass is 201 g/mol. The maximum absolute atomic E-state index is 8.97. The van der Waals surface area contributed by atoms with Crippen LogP contribution in [-0.2, 0) is 0 Å². The molecule has 2 N–H and O–H groups in total. The van der Waals surface area contributed by atoms with Gasteiger partial charge in [0.1, 0.15) is 0 Å². The van der Waals surface area contributed by atoms with Gasteiger partial charge in [-0.15, -0.1) is 0 Å². The van der Waals surface area contributed by atoms with Crippen LogP contribution < -0.4 is 5.32 Å². The average Bonchev–Trinajstić information content (AvgIpc) is 2.00. The van der Waals surface area contributed by atoms with Crippen LogP contribution in [0.1, 0.15) is 47.5 Å². The van der Waals surface area contributed by atoms with Gasteiger partial charge in [-0.25, -0.2) is 0 Å². The Balaban J connectivity index is 3.86. The number of aliphatic hydroxyl groups is 1. The summed E-state index contributed by atoms with van der Waals surface area (Å²) in [5, 5.41) is 12.5. The topological polar surface area (TPSA) is 32.3 Å². The molecule has 0 aromatic carbocycles. The SMILES string of the molecule is CC(C)CCNC(CCO)C(C)(C)C. The summed E-state index contributed by atoms with van der Waals surface area (Å²) >= 11 is 0. The highest BCUT2D eigenvalue weighted by Crippen LogP contribution is 2.21. The lowest BCUT2D eigenvalue weighted by Gasteiger charge is -2.31. The normalized spacial score (nSPS) is 14.8. The second-order valence-electron chi connectivity index (χ2n) is 5.57. The van der Waals surface area contributed by atoms with E-state index in [0.29, 0.717) is 6.04 Å². The van der Waals surface area contributed by atoms with Gasteiger partial charge in [-0.2, -0.15) is 0 Å². The van der Waals surface area contributed by atoms with Gasteiger partial charge in [-0.1, -0.05) is 34.6 Å². The van der Waals surface area contributed by atoms with Gasteiger partial charge in [0.2, 0.25) is 0 Å². The number of aliphatic hydroxyl groups excluding tert-OH is 1. The van der Waals surface area contributed by atoms with E-state index in [0.717, 1.165) is 18.9 Å². The van der Waals surface area contributed by atoms with Gasteiger partial charge in [-0.3, -0.25) is 0 Å². The summed E-state index contributed by atoms with van der Waals surface area (Å²) in [5.74, 6) is 0.747. The van der Waals surface area contributed by atoms with E-state index >= 15 is 0 Å². The van der Waals surface area contributed by atoms with Crippen molar-refractivity contribution in [3.8, 4) is 0 Å². The molecule has 0 aliphatic rings. The smallest absolute Gasteiger partial charge is 0.0446 e. The Morgan fingerprint density at radius 2 is 1.71 bits per heavy atom. The van der Waals surface area contributed by atoms with Crippen LogP contribution >= 0.6 is 0 Å². The molecule has 0 fully saturated rings. The Morgan fingerprint density at radius 3 is 2.07 bits per heavy atom. The molecule has 2 nitrogen and oxygen atoms in total. The molecule has 0 aromatic heterocycles. The first-order valence-corrected chi connectivity index (χ1v) is 5.72. The number of nitrogens with one attached hydrogen (secondary N) is 1. The predicted octanol–water partition coefficient (Wildman–Crippen LogP) is 2.42. The Morgan fingerprint density at radius 1 is 1.14 bits per heavy atom. The molecule has 0 rings (SSSR count). The minimum Gasteiger partial charge on any atom is -0.396 e. The second-order valence-corrected chi connectivity index (χ2v) is 5.57. The van der Waals surface area contributed by atoms with Crippen molar-refractivity contribution in [3.05, 3.63) is 0 Å². The van der Waals surface area contributed by atoms with Crippen molar-refractivity contribution < 1.29 is 5.11 Å². The van der Waals surface area contributed by atoms with Crippen molar-refractivity contribution in [2.45, 2.75) is 53.5 Å². The largest absolute Gasteiger partial charge is 0.396 e. The van der Waals surface area contributed by atoms with Crippen molar-refractivity contribution in [3.63, 3.8) is 0 Å². The highest BCUT2D eigenvalue weighted by molar-refractivity contribution is 4.80. The second kappa shape index (κ2) is 6.41. The van der Waals surface area contributed by atoms with Crippen molar-refractivity contribution >= 4 is 0 Å². The fourth-order valence-corrected chi connectivity index (χ4v) is 1.52. The molecule has 2 heteroatoms. The van der Waals surface area contributed by atoms with E-state index in [9.17, 15) is 0 Å². The van der Waals surface area contributed by atoms with Crippen LogP contribution in [0.15, 0.2) is 0 Å². The number of hydrogen-bond donors (Lipinski definition) is 2. The Bertz CT molecular complexity index is 138. The minimum atomic E-state index is 0.236. The number of hydrogen-bond acceptors (Lipinski definition) is 2. The molecule has 86 valence electrons. The molecule has 0 radical (unpaired) electrons. The standard InChI is InChI=1S/C12H27NO/c1-10(2)6-8-13-11(7-9-14)12(3,4)5/h10-11,13-14H,6-9H2,1-5H3. The molecule has 0 bridgehead atoms. The van der Waals surface area contributed by atoms with E-state index in [-0.39, 0.29) is 12.0 Å². The van der Waals surface area contributed by atoms with Crippen molar-refractivity contribution in [1.82, 2.24) is 5.32 Å². The van der Waals surface area contributed by atoms with Gasteiger partial charge in [0.15, 0.2) is 0 Å². The van der Waals surface area contributed by atoms with Crippen LogP contribution in [0.4, 0.5) is 0 Å². The average molecular weight is 201 g/mol. The van der Waals surface area contributed by atoms with Gasteiger partial charge in [0, 0.05) is 12.6 Å². The molecule has 14 heavy (non-hydrogen) atoms. The molecule has 1 atom stereocenters. The van der Waals surface area contributed by atoms with Crippen LogP contribution in [0, 0.1) is 11.3 Å². The molecule has 0 aromatic rings. The van der Waals surface area contributed by atoms with Crippen LogP contribution in [-0.4, -0.2) is 24.3 Å². The summed E-state index contributed by atoms with van der Waals surface area (Å²) in [5.41, 5.74) is 0.236. The third-order valence-corrected chi connectivity index (χ3v) is 2.58. The first-order valence-electron chi connectivity index (χ1n) is 5.72. The summed E-state index contributed by atoms with van der Waals surface area (Å²) in [4.78, 5) is 0. The molecule has 0 amide bonds. The molecule has 0 spiro atoms. The lowest BCUT2D eigenvalue weighted by molar-refractivity contribution is 0.196. The van der Waals surface area contributed by atoms with Crippen LogP contribution in [0.2, 0.25) is 0 Å². The summed E-state index contributed by atoms with van der Waals surface area (Å²) in [6.45, 7) is 12.5. The Hall–Kier alpha value is -0.0800. The molecule has 0 saturated heterocycles. The minimum absolute atomic E-state index is 0.236. The molecular weight excluding hydrogens is 174 g/mol. The van der Waals surface area contributed by atoms with Crippen LogP contribution in [0.3, 0.4) is 0 Å². The molecular formula is C12H27NO. The summed E-state index contributed by atoms with van der Waals surface area (Å²) in [6.07, 6.45) is 2.06. The van der Waals surface area contributed by atoms with E-state index in [4.69, 9.17) is 5.11 Å². The zero-order valence-electron chi connectivity index (χ0n) is 10.4.